The second-order valence-electron chi connectivity index (χ2n) is 8.80. The molecule has 3 aliphatic rings. The van der Waals surface area contributed by atoms with Crippen LogP contribution >= 0.6 is 0 Å². The summed E-state index contributed by atoms with van der Waals surface area (Å²) in [5, 5.41) is 21.6. The number of hydrogen-bond donors (Lipinski definition) is 3. The Morgan fingerprint density at radius 1 is 1.06 bits per heavy atom. The molecule has 0 bridgehead atoms. The number of ketones is 4. The molecule has 0 radical (unpaired) electrons. The zero-order chi connectivity index (χ0) is 23.7. The number of primary amides is 1. The van der Waals surface area contributed by atoms with E-state index in [2.05, 4.69) is 9.97 Å². The monoisotopic (exact) mass is 449 g/mol. The summed E-state index contributed by atoms with van der Waals surface area (Å²) in [6.07, 6.45) is 2.90. The van der Waals surface area contributed by atoms with Crippen molar-refractivity contribution in [2.24, 2.45) is 29.4 Å². The number of nitrogens with zero attached hydrogens (tertiary/aromatic N) is 2. The van der Waals surface area contributed by atoms with Crippen molar-refractivity contribution in [1.82, 2.24) is 9.97 Å². The van der Waals surface area contributed by atoms with Crippen molar-refractivity contribution in [3.8, 4) is 17.1 Å². The van der Waals surface area contributed by atoms with Crippen LogP contribution in [0.4, 0.5) is 0 Å². The van der Waals surface area contributed by atoms with Gasteiger partial charge in [-0.15, -0.1) is 0 Å². The number of Topliss-reactive ketones (excluding diaryl/α,β-unsaturated/α-hetero) is 4. The molecule has 1 heterocycles. The number of carbonyl (C=O) groups excluding carboxylic acids is 5. The van der Waals surface area contributed by atoms with Crippen molar-refractivity contribution < 1.29 is 34.2 Å². The summed E-state index contributed by atoms with van der Waals surface area (Å²) in [6, 6.07) is 4.53. The summed E-state index contributed by atoms with van der Waals surface area (Å²) in [4.78, 5) is 72.3. The van der Waals surface area contributed by atoms with E-state index >= 15 is 0 Å². The molecule has 1 aromatic carbocycles. The van der Waals surface area contributed by atoms with Gasteiger partial charge in [-0.05, 0) is 42.5 Å². The van der Waals surface area contributed by atoms with Crippen LogP contribution in [0, 0.1) is 23.7 Å². The number of fused-ring (bicyclic) bond motifs is 3. The Balaban J connectivity index is 1.62. The van der Waals surface area contributed by atoms with Crippen LogP contribution in [0.1, 0.15) is 28.8 Å². The number of carbonyl (C=O) groups is 5. The highest BCUT2D eigenvalue weighted by atomic mass is 16.3. The number of aromatic hydroxyl groups is 1. The van der Waals surface area contributed by atoms with E-state index in [0.717, 1.165) is 0 Å². The van der Waals surface area contributed by atoms with Gasteiger partial charge in [-0.25, -0.2) is 9.97 Å². The SMILES string of the molecule is NC(=O)C1C(=O)C[C@@H]2C[C@@H]3Cc4c(-c5ncccn5)ccc(O)c4C(=O)C3C(=O)[C@]2(O)C1=O. The minimum Gasteiger partial charge on any atom is -0.507 e. The fourth-order valence-corrected chi connectivity index (χ4v) is 5.62. The van der Waals surface area contributed by atoms with Crippen LogP contribution in [0.5, 0.6) is 5.75 Å². The molecule has 2 fully saturated rings. The van der Waals surface area contributed by atoms with Crippen molar-refractivity contribution in [3.05, 3.63) is 41.7 Å². The second-order valence-corrected chi connectivity index (χ2v) is 8.80. The molecule has 2 aromatic rings. The molecule has 0 saturated heterocycles. The highest BCUT2D eigenvalue weighted by Crippen LogP contribution is 2.50. The van der Waals surface area contributed by atoms with Gasteiger partial charge in [-0.1, -0.05) is 0 Å². The average Bonchev–Trinajstić information content (AvgIpc) is 2.76. The highest BCUT2D eigenvalue weighted by molar-refractivity contribution is 6.31. The van der Waals surface area contributed by atoms with Crippen LogP contribution < -0.4 is 5.73 Å². The minimum absolute atomic E-state index is 0.0335. The van der Waals surface area contributed by atoms with E-state index in [1.165, 1.54) is 18.5 Å². The predicted octanol–water partition coefficient (Wildman–Crippen LogP) is -0.216. The maximum absolute atomic E-state index is 13.5. The molecule has 5 atom stereocenters. The molecule has 1 amide bonds. The third kappa shape index (κ3) is 2.80. The number of phenols is 1. The van der Waals surface area contributed by atoms with E-state index in [1.54, 1.807) is 12.1 Å². The third-order valence-corrected chi connectivity index (χ3v) is 7.09. The number of benzene rings is 1. The number of aromatic nitrogens is 2. The lowest BCUT2D eigenvalue weighted by atomic mass is 9.53. The van der Waals surface area contributed by atoms with Gasteiger partial charge in [0.1, 0.15) is 5.75 Å². The molecular formula is C23H19N3O7. The molecule has 2 saturated carbocycles. The van der Waals surface area contributed by atoms with Crippen LogP contribution in [0.15, 0.2) is 30.6 Å². The van der Waals surface area contributed by atoms with E-state index in [9.17, 15) is 34.2 Å². The van der Waals surface area contributed by atoms with E-state index in [1.807, 2.05) is 0 Å². The van der Waals surface area contributed by atoms with Crippen molar-refractivity contribution >= 4 is 29.0 Å². The van der Waals surface area contributed by atoms with E-state index in [-0.39, 0.29) is 30.6 Å². The first kappa shape index (κ1) is 21.1. The number of nitrogens with two attached hydrogens (primary N) is 1. The van der Waals surface area contributed by atoms with Gasteiger partial charge in [0, 0.05) is 30.3 Å². The zero-order valence-corrected chi connectivity index (χ0v) is 17.2. The van der Waals surface area contributed by atoms with Crippen LogP contribution in [0.3, 0.4) is 0 Å². The Labute approximate surface area is 186 Å². The maximum atomic E-state index is 13.5. The van der Waals surface area contributed by atoms with Crippen molar-refractivity contribution in [2.45, 2.75) is 24.9 Å². The summed E-state index contributed by atoms with van der Waals surface area (Å²) in [6.45, 7) is 0. The largest absolute Gasteiger partial charge is 0.507 e. The van der Waals surface area contributed by atoms with Crippen molar-refractivity contribution in [1.29, 1.82) is 0 Å². The zero-order valence-electron chi connectivity index (χ0n) is 17.2. The molecule has 4 N–H and O–H groups in total. The topological polar surface area (TPSA) is 178 Å². The number of aliphatic hydroxyl groups is 1. The first-order valence-electron chi connectivity index (χ1n) is 10.5. The number of phenolic OH excluding ortho intramolecular Hbond substituents is 1. The Kier molecular flexibility index (Phi) is 4.54. The Morgan fingerprint density at radius 2 is 1.76 bits per heavy atom. The molecule has 3 aliphatic carbocycles. The molecule has 1 aromatic heterocycles. The normalized spacial score (nSPS) is 30.9. The Hall–Kier alpha value is -3.79. The van der Waals surface area contributed by atoms with Gasteiger partial charge >= 0.3 is 0 Å². The summed E-state index contributed by atoms with van der Waals surface area (Å²) >= 11 is 0. The molecule has 5 rings (SSSR count). The molecule has 10 heteroatoms. The van der Waals surface area contributed by atoms with Gasteiger partial charge in [-0.3, -0.25) is 24.0 Å². The minimum atomic E-state index is -2.66. The molecule has 10 nitrogen and oxygen atoms in total. The van der Waals surface area contributed by atoms with Crippen molar-refractivity contribution in [3.63, 3.8) is 0 Å². The summed E-state index contributed by atoms with van der Waals surface area (Å²) in [5.41, 5.74) is 3.43. The Morgan fingerprint density at radius 3 is 2.42 bits per heavy atom. The number of hydrogen-bond acceptors (Lipinski definition) is 9. The van der Waals surface area contributed by atoms with E-state index < -0.39 is 58.3 Å². The van der Waals surface area contributed by atoms with Gasteiger partial charge in [-0.2, -0.15) is 0 Å². The standard InChI is InChI=1S/C23H19N3O7/c24-21(32)17-14(28)8-10-6-9-7-12-11(22-25-4-1-5-26-22)2-3-13(27)16(12)18(29)15(9)19(30)23(10,33)20(17)31/h1-5,9-10,15,17,27,33H,6-8H2,(H2,24,32)/t9-,10+,15?,17?,23+/m1/s1. The van der Waals surface area contributed by atoms with E-state index in [4.69, 9.17) is 5.73 Å². The van der Waals surface area contributed by atoms with Crippen LogP contribution in [-0.2, 0) is 25.6 Å². The third-order valence-electron chi connectivity index (χ3n) is 7.09. The van der Waals surface area contributed by atoms with Gasteiger partial charge in [0.15, 0.2) is 40.5 Å². The van der Waals surface area contributed by atoms with Crippen LogP contribution in [0.2, 0.25) is 0 Å². The molecule has 0 aliphatic heterocycles. The summed E-state index contributed by atoms with van der Waals surface area (Å²) in [7, 11) is 0. The number of amides is 1. The molecular weight excluding hydrogens is 430 g/mol. The smallest absolute Gasteiger partial charge is 0.235 e. The maximum Gasteiger partial charge on any atom is 0.235 e. The lowest BCUT2D eigenvalue weighted by molar-refractivity contribution is -0.175. The molecule has 33 heavy (non-hydrogen) atoms. The quantitative estimate of drug-likeness (QED) is 0.523. The summed E-state index contributed by atoms with van der Waals surface area (Å²) < 4.78 is 0. The predicted molar refractivity (Wildman–Crippen MR) is 110 cm³/mol. The lowest BCUT2D eigenvalue weighted by Crippen LogP contribution is -2.68. The van der Waals surface area contributed by atoms with Gasteiger partial charge in [0.2, 0.25) is 5.91 Å². The van der Waals surface area contributed by atoms with Crippen LogP contribution in [0.25, 0.3) is 11.4 Å². The average molecular weight is 449 g/mol. The Bertz CT molecular complexity index is 1260. The van der Waals surface area contributed by atoms with Gasteiger partial charge < -0.3 is 15.9 Å². The fourth-order valence-electron chi connectivity index (χ4n) is 5.62. The molecule has 168 valence electrons. The first-order valence-corrected chi connectivity index (χ1v) is 10.5. The second kappa shape index (κ2) is 7.11. The van der Waals surface area contributed by atoms with E-state index in [0.29, 0.717) is 17.0 Å². The van der Waals surface area contributed by atoms with Gasteiger partial charge in [0.05, 0.1) is 11.5 Å². The van der Waals surface area contributed by atoms with Crippen LogP contribution in [-0.4, -0.2) is 54.8 Å². The molecule has 0 spiro atoms. The number of rotatable bonds is 2. The summed E-state index contributed by atoms with van der Waals surface area (Å²) in [5.74, 6) is -10.0. The first-order chi connectivity index (χ1) is 15.7. The molecule has 2 unspecified atom stereocenters. The van der Waals surface area contributed by atoms with Crippen molar-refractivity contribution in [2.75, 3.05) is 0 Å². The fraction of sp³-hybridized carbons (Fsp3) is 0.348. The highest BCUT2D eigenvalue weighted by Gasteiger charge is 2.66. The van der Waals surface area contributed by atoms with Gasteiger partial charge in [0.25, 0.3) is 0 Å². The lowest BCUT2D eigenvalue weighted by Gasteiger charge is -2.48.